The number of nitrogens with zero attached hydrogens (tertiary/aromatic N) is 2. The Labute approximate surface area is 121 Å². The van der Waals surface area contributed by atoms with Gasteiger partial charge in [0, 0.05) is 18.7 Å². The summed E-state index contributed by atoms with van der Waals surface area (Å²) in [5.74, 6) is -0.559. The molecule has 0 aliphatic heterocycles. The fraction of sp³-hybridized carbons (Fsp3) is 0.429. The van der Waals surface area contributed by atoms with E-state index in [1.807, 2.05) is 13.0 Å². The van der Waals surface area contributed by atoms with E-state index in [4.69, 9.17) is 5.26 Å². The molecule has 0 aromatic heterocycles. The highest BCUT2D eigenvalue weighted by Crippen LogP contribution is 2.21. The third-order valence-electron chi connectivity index (χ3n) is 2.72. The van der Waals surface area contributed by atoms with E-state index in [1.165, 1.54) is 6.07 Å². The SMILES string of the molecule is CCN(Cc1ccc(C#N)cc1F)C(=O)C(C)(C)Br. The summed E-state index contributed by atoms with van der Waals surface area (Å²) in [5.41, 5.74) is 0.683. The van der Waals surface area contributed by atoms with Gasteiger partial charge in [0.2, 0.25) is 5.91 Å². The smallest absolute Gasteiger partial charge is 0.239 e. The molecule has 0 bridgehead atoms. The third-order valence-corrected chi connectivity index (χ3v) is 3.06. The summed E-state index contributed by atoms with van der Waals surface area (Å²) in [5, 5.41) is 8.69. The largest absolute Gasteiger partial charge is 0.337 e. The topological polar surface area (TPSA) is 44.1 Å². The summed E-state index contributed by atoms with van der Waals surface area (Å²) in [6, 6.07) is 6.17. The second kappa shape index (κ2) is 6.16. The minimum Gasteiger partial charge on any atom is -0.337 e. The maximum atomic E-state index is 13.8. The number of nitriles is 1. The standard InChI is InChI=1S/C14H16BrFN2O/c1-4-18(13(19)14(2,3)15)9-11-6-5-10(8-17)7-12(11)16/h5-7H,4,9H2,1-3H3. The Balaban J connectivity index is 2.94. The molecule has 102 valence electrons. The molecule has 0 saturated carbocycles. The van der Waals surface area contributed by atoms with Crippen LogP contribution < -0.4 is 0 Å². The highest BCUT2D eigenvalue weighted by atomic mass is 79.9. The molecule has 0 fully saturated rings. The predicted octanol–water partition coefficient (Wildman–Crippen LogP) is 3.22. The van der Waals surface area contributed by atoms with Crippen LogP contribution in [0.3, 0.4) is 0 Å². The second-order valence-electron chi connectivity index (χ2n) is 4.71. The van der Waals surface area contributed by atoms with Crippen LogP contribution >= 0.6 is 15.9 Å². The van der Waals surface area contributed by atoms with E-state index < -0.39 is 10.1 Å². The molecule has 0 atom stereocenters. The number of rotatable bonds is 4. The molecule has 3 nitrogen and oxygen atoms in total. The first-order valence-electron chi connectivity index (χ1n) is 5.96. The molecule has 0 heterocycles. The van der Waals surface area contributed by atoms with Crippen molar-refractivity contribution in [3.05, 3.63) is 35.1 Å². The molecule has 0 aliphatic carbocycles. The number of alkyl halides is 1. The van der Waals surface area contributed by atoms with Crippen LogP contribution in [0.15, 0.2) is 18.2 Å². The first-order chi connectivity index (χ1) is 8.79. The van der Waals surface area contributed by atoms with Crippen LogP contribution in [0.5, 0.6) is 0 Å². The normalized spacial score (nSPS) is 10.9. The van der Waals surface area contributed by atoms with Crippen LogP contribution in [-0.2, 0) is 11.3 Å². The quantitative estimate of drug-likeness (QED) is 0.797. The number of benzene rings is 1. The minimum absolute atomic E-state index is 0.0984. The van der Waals surface area contributed by atoms with E-state index in [-0.39, 0.29) is 18.0 Å². The van der Waals surface area contributed by atoms with Gasteiger partial charge in [-0.15, -0.1) is 0 Å². The van der Waals surface area contributed by atoms with Gasteiger partial charge in [0.1, 0.15) is 5.82 Å². The fourth-order valence-corrected chi connectivity index (χ4v) is 1.90. The van der Waals surface area contributed by atoms with Crippen molar-refractivity contribution in [1.29, 1.82) is 5.26 Å². The van der Waals surface area contributed by atoms with Gasteiger partial charge >= 0.3 is 0 Å². The molecule has 0 radical (unpaired) electrons. The van der Waals surface area contributed by atoms with Gasteiger partial charge in [0.25, 0.3) is 0 Å². The molecule has 0 saturated heterocycles. The second-order valence-corrected chi connectivity index (χ2v) is 6.69. The van der Waals surface area contributed by atoms with E-state index in [0.717, 1.165) is 0 Å². The summed E-state index contributed by atoms with van der Waals surface area (Å²) < 4.78 is 13.1. The van der Waals surface area contributed by atoms with Gasteiger partial charge in [-0.1, -0.05) is 22.0 Å². The first-order valence-corrected chi connectivity index (χ1v) is 6.75. The van der Waals surface area contributed by atoms with Crippen LogP contribution in [0.2, 0.25) is 0 Å². The van der Waals surface area contributed by atoms with E-state index in [0.29, 0.717) is 12.1 Å². The molecule has 1 rings (SSSR count). The Bertz CT molecular complexity index is 517. The van der Waals surface area contributed by atoms with E-state index in [1.54, 1.807) is 30.9 Å². The van der Waals surface area contributed by atoms with Gasteiger partial charge in [-0.3, -0.25) is 4.79 Å². The number of carbonyl (C=O) groups is 1. The van der Waals surface area contributed by atoms with Gasteiger partial charge in [0.15, 0.2) is 0 Å². The van der Waals surface area contributed by atoms with Crippen molar-refractivity contribution in [2.24, 2.45) is 0 Å². The molecule has 0 spiro atoms. The van der Waals surface area contributed by atoms with Crippen molar-refractivity contribution in [3.63, 3.8) is 0 Å². The number of halogens is 2. The molecule has 19 heavy (non-hydrogen) atoms. The fourth-order valence-electron chi connectivity index (χ4n) is 1.65. The van der Waals surface area contributed by atoms with Gasteiger partial charge in [-0.05, 0) is 32.9 Å². The summed E-state index contributed by atoms with van der Waals surface area (Å²) >= 11 is 3.31. The molecule has 1 aromatic rings. The highest BCUT2D eigenvalue weighted by Gasteiger charge is 2.28. The lowest BCUT2D eigenvalue weighted by molar-refractivity contribution is -0.133. The van der Waals surface area contributed by atoms with Crippen LogP contribution in [0.1, 0.15) is 31.9 Å². The monoisotopic (exact) mass is 326 g/mol. The maximum absolute atomic E-state index is 13.8. The molecule has 1 amide bonds. The third kappa shape index (κ3) is 4.03. The van der Waals surface area contributed by atoms with Gasteiger partial charge in [-0.2, -0.15) is 5.26 Å². The summed E-state index contributed by atoms with van der Waals surface area (Å²) in [4.78, 5) is 13.7. The van der Waals surface area contributed by atoms with Crippen molar-refractivity contribution in [3.8, 4) is 6.07 Å². The zero-order chi connectivity index (χ0) is 14.6. The Morgan fingerprint density at radius 1 is 1.53 bits per heavy atom. The summed E-state index contributed by atoms with van der Waals surface area (Å²) in [6.45, 7) is 6.05. The molecular formula is C14H16BrFN2O. The van der Waals surface area contributed by atoms with Crippen molar-refractivity contribution < 1.29 is 9.18 Å². The van der Waals surface area contributed by atoms with E-state index in [2.05, 4.69) is 15.9 Å². The Hall–Kier alpha value is -1.41. The lowest BCUT2D eigenvalue weighted by Gasteiger charge is -2.27. The molecule has 0 N–H and O–H groups in total. The number of amides is 1. The summed E-state index contributed by atoms with van der Waals surface area (Å²) in [7, 11) is 0. The Morgan fingerprint density at radius 3 is 2.58 bits per heavy atom. The van der Waals surface area contributed by atoms with Crippen LogP contribution in [0.4, 0.5) is 4.39 Å². The lowest BCUT2D eigenvalue weighted by Crippen LogP contribution is -2.41. The molecule has 1 aromatic carbocycles. The van der Waals surface area contributed by atoms with Crippen molar-refractivity contribution in [1.82, 2.24) is 4.90 Å². The Kier molecular flexibility index (Phi) is 5.07. The van der Waals surface area contributed by atoms with Crippen molar-refractivity contribution >= 4 is 21.8 Å². The van der Waals surface area contributed by atoms with Crippen LogP contribution in [0, 0.1) is 17.1 Å². The zero-order valence-corrected chi connectivity index (χ0v) is 12.8. The minimum atomic E-state index is -0.675. The molecule has 0 unspecified atom stereocenters. The highest BCUT2D eigenvalue weighted by molar-refractivity contribution is 9.10. The van der Waals surface area contributed by atoms with Gasteiger partial charge in [-0.25, -0.2) is 4.39 Å². The van der Waals surface area contributed by atoms with Crippen molar-refractivity contribution in [2.75, 3.05) is 6.54 Å². The molecule has 5 heteroatoms. The average Bonchev–Trinajstić information content (AvgIpc) is 2.35. The van der Waals surface area contributed by atoms with Crippen molar-refractivity contribution in [2.45, 2.75) is 31.6 Å². The summed E-state index contributed by atoms with van der Waals surface area (Å²) in [6.07, 6.45) is 0. The van der Waals surface area contributed by atoms with Gasteiger partial charge in [0.05, 0.1) is 16.0 Å². The predicted molar refractivity (Wildman–Crippen MR) is 75.2 cm³/mol. The average molecular weight is 327 g/mol. The molecule has 0 aliphatic rings. The zero-order valence-electron chi connectivity index (χ0n) is 11.2. The number of hydrogen-bond donors (Lipinski definition) is 0. The van der Waals surface area contributed by atoms with Gasteiger partial charge < -0.3 is 4.90 Å². The number of hydrogen-bond acceptors (Lipinski definition) is 2. The lowest BCUT2D eigenvalue weighted by atomic mass is 10.1. The van der Waals surface area contributed by atoms with Crippen LogP contribution in [-0.4, -0.2) is 21.7 Å². The van der Waals surface area contributed by atoms with E-state index in [9.17, 15) is 9.18 Å². The van der Waals surface area contributed by atoms with E-state index >= 15 is 0 Å². The molecular weight excluding hydrogens is 311 g/mol. The first kappa shape index (κ1) is 15.6. The Morgan fingerprint density at radius 2 is 2.16 bits per heavy atom. The van der Waals surface area contributed by atoms with Crippen LogP contribution in [0.25, 0.3) is 0 Å². The maximum Gasteiger partial charge on any atom is 0.239 e. The number of carbonyl (C=O) groups excluding carboxylic acids is 1.